The lowest BCUT2D eigenvalue weighted by Gasteiger charge is -2.28. The fraction of sp³-hybridized carbons (Fsp3) is 0.593. The molecule has 2 aliphatic rings. The van der Waals surface area contributed by atoms with Crippen molar-refractivity contribution in [3.63, 3.8) is 0 Å². The Morgan fingerprint density at radius 2 is 0.717 bits per heavy atom. The number of nitrogens with zero attached hydrogens (tertiary/aromatic N) is 6. The molecule has 2 aliphatic carbocycles. The van der Waals surface area contributed by atoms with Crippen LogP contribution in [0.15, 0.2) is 73.3 Å². The molecule has 6 heteroatoms. The minimum Gasteiger partial charge on any atom is -0.236 e. The van der Waals surface area contributed by atoms with E-state index in [2.05, 4.69) is 45.9 Å². The van der Waals surface area contributed by atoms with E-state index in [1.165, 1.54) is 165 Å². The highest BCUT2D eigenvalue weighted by atomic mass is 14.9. The average Bonchev–Trinajstić information content (AvgIpc) is 3.31. The SMILES string of the molecule is CCCCCCCC1CCC(CCc2cnc(-c3ccc(C#N)cc3)nc2)CC1.CCCCCCCCCC1CCC(CCc2cnc(-c3ccc(C#N)cc3)nc2)CC1. The Labute approximate surface area is 364 Å². The molecular formula is C54H74N6. The number of aromatic nitrogens is 4. The summed E-state index contributed by atoms with van der Waals surface area (Å²) < 4.78 is 0. The van der Waals surface area contributed by atoms with Crippen LogP contribution in [-0.2, 0) is 12.8 Å². The Morgan fingerprint density at radius 3 is 1.03 bits per heavy atom. The Hall–Kier alpha value is -4.42. The third-order valence-corrected chi connectivity index (χ3v) is 13.5. The largest absolute Gasteiger partial charge is 0.236 e. The molecular weight excluding hydrogens is 733 g/mol. The number of aryl methyl sites for hydroxylation is 2. The van der Waals surface area contributed by atoms with Crippen LogP contribution in [0, 0.1) is 46.3 Å². The summed E-state index contributed by atoms with van der Waals surface area (Å²) in [6.45, 7) is 4.58. The molecule has 0 bridgehead atoms. The normalized spacial score (nSPS) is 18.8. The zero-order valence-corrected chi connectivity index (χ0v) is 37.3. The molecule has 2 saturated carbocycles. The van der Waals surface area contributed by atoms with Gasteiger partial charge in [-0.3, -0.25) is 0 Å². The van der Waals surface area contributed by atoms with Crippen LogP contribution in [0.3, 0.4) is 0 Å². The Kier molecular flexibility index (Phi) is 21.3. The molecule has 6 nitrogen and oxygen atoms in total. The van der Waals surface area contributed by atoms with Gasteiger partial charge >= 0.3 is 0 Å². The minimum absolute atomic E-state index is 0.664. The molecule has 0 unspecified atom stereocenters. The van der Waals surface area contributed by atoms with Crippen molar-refractivity contribution in [2.24, 2.45) is 23.7 Å². The van der Waals surface area contributed by atoms with Gasteiger partial charge in [0.2, 0.25) is 0 Å². The molecule has 0 saturated heterocycles. The topological polar surface area (TPSA) is 99.1 Å². The van der Waals surface area contributed by atoms with Gasteiger partial charge in [0.05, 0.1) is 23.3 Å². The fourth-order valence-corrected chi connectivity index (χ4v) is 9.44. The smallest absolute Gasteiger partial charge is 0.159 e. The van der Waals surface area contributed by atoms with Crippen molar-refractivity contribution in [2.45, 2.75) is 181 Å². The third kappa shape index (κ3) is 16.9. The number of rotatable bonds is 22. The number of hydrogen-bond donors (Lipinski definition) is 0. The van der Waals surface area contributed by atoms with E-state index >= 15 is 0 Å². The van der Waals surface area contributed by atoms with Gasteiger partial charge in [0, 0.05) is 35.9 Å². The summed E-state index contributed by atoms with van der Waals surface area (Å²) in [5.41, 5.74) is 5.73. The minimum atomic E-state index is 0.664. The molecule has 2 aromatic carbocycles. The Balaban J connectivity index is 0.000000228. The molecule has 2 fully saturated rings. The highest BCUT2D eigenvalue weighted by Gasteiger charge is 2.22. The molecule has 60 heavy (non-hydrogen) atoms. The van der Waals surface area contributed by atoms with Gasteiger partial charge in [0.25, 0.3) is 0 Å². The maximum Gasteiger partial charge on any atom is 0.159 e. The number of nitriles is 2. The molecule has 0 N–H and O–H groups in total. The van der Waals surface area contributed by atoms with E-state index in [9.17, 15) is 0 Å². The first kappa shape index (κ1) is 46.6. The summed E-state index contributed by atoms with van der Waals surface area (Å²) >= 11 is 0. The van der Waals surface area contributed by atoms with Gasteiger partial charge in [-0.15, -0.1) is 0 Å². The van der Waals surface area contributed by atoms with Gasteiger partial charge in [-0.05, 0) is 109 Å². The van der Waals surface area contributed by atoms with Crippen molar-refractivity contribution in [1.82, 2.24) is 19.9 Å². The van der Waals surface area contributed by atoms with E-state index in [0.29, 0.717) is 11.1 Å². The van der Waals surface area contributed by atoms with Crippen LogP contribution in [0.1, 0.15) is 190 Å². The lowest BCUT2D eigenvalue weighted by molar-refractivity contribution is 0.248. The van der Waals surface area contributed by atoms with Gasteiger partial charge in [-0.1, -0.05) is 155 Å². The summed E-state index contributed by atoms with van der Waals surface area (Å²) in [4.78, 5) is 18.2. The van der Waals surface area contributed by atoms with Crippen LogP contribution in [0.25, 0.3) is 22.8 Å². The van der Waals surface area contributed by atoms with Crippen molar-refractivity contribution < 1.29 is 0 Å². The summed E-state index contributed by atoms with van der Waals surface area (Å²) in [6.07, 6.45) is 44.0. The molecule has 0 spiro atoms. The number of hydrogen-bond acceptors (Lipinski definition) is 6. The van der Waals surface area contributed by atoms with Crippen molar-refractivity contribution >= 4 is 0 Å². The van der Waals surface area contributed by atoms with Gasteiger partial charge in [0.1, 0.15) is 0 Å². The maximum absolute atomic E-state index is 8.92. The van der Waals surface area contributed by atoms with Crippen LogP contribution >= 0.6 is 0 Å². The van der Waals surface area contributed by atoms with Crippen LogP contribution in [0.5, 0.6) is 0 Å². The van der Waals surface area contributed by atoms with Gasteiger partial charge in [0.15, 0.2) is 11.6 Å². The molecule has 2 heterocycles. The highest BCUT2D eigenvalue weighted by molar-refractivity contribution is 5.57. The lowest BCUT2D eigenvalue weighted by atomic mass is 9.78. The summed E-state index contributed by atoms with van der Waals surface area (Å²) in [7, 11) is 0. The summed E-state index contributed by atoms with van der Waals surface area (Å²) in [5, 5.41) is 17.8. The van der Waals surface area contributed by atoms with Crippen LogP contribution < -0.4 is 0 Å². The molecule has 2 aromatic heterocycles. The van der Waals surface area contributed by atoms with Crippen molar-refractivity contribution in [3.05, 3.63) is 95.6 Å². The summed E-state index contributed by atoms with van der Waals surface area (Å²) in [6, 6.07) is 19.2. The molecule has 4 aromatic rings. The molecule has 6 rings (SSSR count). The van der Waals surface area contributed by atoms with Crippen molar-refractivity contribution in [1.29, 1.82) is 10.5 Å². The van der Waals surface area contributed by atoms with Gasteiger partial charge in [-0.25, -0.2) is 19.9 Å². The van der Waals surface area contributed by atoms with E-state index in [1.807, 2.05) is 73.3 Å². The summed E-state index contributed by atoms with van der Waals surface area (Å²) in [5.74, 6) is 5.20. The van der Waals surface area contributed by atoms with Crippen LogP contribution in [0.2, 0.25) is 0 Å². The van der Waals surface area contributed by atoms with Gasteiger partial charge < -0.3 is 0 Å². The lowest BCUT2D eigenvalue weighted by Crippen LogP contribution is -2.15. The zero-order valence-electron chi connectivity index (χ0n) is 37.3. The van der Waals surface area contributed by atoms with Crippen LogP contribution in [0.4, 0.5) is 0 Å². The predicted molar refractivity (Wildman–Crippen MR) is 248 cm³/mol. The second kappa shape index (κ2) is 27.4. The van der Waals surface area contributed by atoms with E-state index in [4.69, 9.17) is 10.5 Å². The Bertz CT molecular complexity index is 1800. The highest BCUT2D eigenvalue weighted by Crippen LogP contribution is 2.36. The number of benzene rings is 2. The third-order valence-electron chi connectivity index (χ3n) is 13.5. The van der Waals surface area contributed by atoms with Crippen molar-refractivity contribution in [3.8, 4) is 34.9 Å². The van der Waals surface area contributed by atoms with Gasteiger partial charge in [-0.2, -0.15) is 10.5 Å². The molecule has 320 valence electrons. The second-order valence-corrected chi connectivity index (χ2v) is 18.2. The average molecular weight is 807 g/mol. The fourth-order valence-electron chi connectivity index (χ4n) is 9.44. The molecule has 0 aliphatic heterocycles. The molecule has 0 radical (unpaired) electrons. The Morgan fingerprint density at radius 1 is 0.417 bits per heavy atom. The molecule has 0 amide bonds. The first-order valence-electron chi connectivity index (χ1n) is 24.2. The van der Waals surface area contributed by atoms with E-state index in [0.717, 1.165) is 59.3 Å². The van der Waals surface area contributed by atoms with E-state index in [-0.39, 0.29) is 0 Å². The van der Waals surface area contributed by atoms with Crippen LogP contribution in [-0.4, -0.2) is 19.9 Å². The maximum atomic E-state index is 8.92. The zero-order chi connectivity index (χ0) is 42.0. The molecule has 0 atom stereocenters. The van der Waals surface area contributed by atoms with E-state index < -0.39 is 0 Å². The first-order chi connectivity index (χ1) is 29.6. The van der Waals surface area contributed by atoms with Crippen molar-refractivity contribution in [2.75, 3.05) is 0 Å². The standard InChI is InChI=1S/C28H39N3.C26H35N3/c1-2-3-4-5-6-7-8-9-23-10-12-24(13-11-23)14-15-26-21-30-28(31-22-26)27-18-16-25(20-29)17-19-27;1-2-3-4-5-6-7-21-8-10-22(11-9-21)12-13-24-19-28-26(29-20-24)25-16-14-23(18-27)15-17-25/h16-19,21-24H,2-15H2,1H3;14-17,19-22H,2-13H2,1H3. The monoisotopic (exact) mass is 807 g/mol. The predicted octanol–water partition coefficient (Wildman–Crippen LogP) is 15.0. The van der Waals surface area contributed by atoms with E-state index in [1.54, 1.807) is 0 Å². The first-order valence-corrected chi connectivity index (χ1v) is 24.2. The second-order valence-electron chi connectivity index (χ2n) is 18.2. The quantitative estimate of drug-likeness (QED) is 0.0733. The number of unbranched alkanes of at least 4 members (excludes halogenated alkanes) is 10.